The molecule has 1 aliphatic carbocycles. The smallest absolute Gasteiger partial charge is 1.00 e. The summed E-state index contributed by atoms with van der Waals surface area (Å²) in [5.41, 5.74) is 5.99. The Labute approximate surface area is 377 Å². The molecule has 306 valence electrons. The molecule has 4 aliphatic rings. The van der Waals surface area contributed by atoms with E-state index in [4.69, 9.17) is 30.5 Å². The van der Waals surface area contributed by atoms with Crippen LogP contribution in [0, 0.1) is 11.3 Å². The van der Waals surface area contributed by atoms with Crippen LogP contribution in [0.25, 0.3) is 0 Å². The van der Waals surface area contributed by atoms with Crippen LogP contribution in [0.5, 0.6) is 0 Å². The molecule has 0 bridgehead atoms. The summed E-state index contributed by atoms with van der Waals surface area (Å²) in [5.74, 6) is -1.06. The second-order valence-corrected chi connectivity index (χ2v) is 15.0. The molecule has 0 saturated carbocycles. The number of fused-ring (bicyclic) bond motifs is 1. The number of carbonyl (C=O) groups is 2. The van der Waals surface area contributed by atoms with Crippen molar-refractivity contribution < 1.29 is 101 Å². The SMILES string of the molecule is C.CC.CC.CC1C(O)=C(C#N)C(=O)N1C.CCOP(=O)(OCC)c1ccccc1N.CCOP1(=O)N=C(C2=C(O)C(C)N(C)C2=O)N=C2C=CC=CC21.[2H][2H].[2H][2H].[H-].[K+]. The van der Waals surface area contributed by atoms with E-state index in [0.717, 1.165) is 0 Å². The maximum Gasteiger partial charge on any atom is 1.00 e. The third kappa shape index (κ3) is 12.9. The number of allylic oxidation sites excluding steroid dienone is 4. The molecule has 0 fully saturated rings. The maximum absolute atomic E-state index is 13.1. The first-order valence-electron chi connectivity index (χ1n) is 19.4. The van der Waals surface area contributed by atoms with Crippen molar-refractivity contribution in [3.8, 4) is 6.07 Å². The first-order valence-corrected chi connectivity index (χ1v) is 20.6. The summed E-state index contributed by atoms with van der Waals surface area (Å²) < 4.78 is 65.4. The molecular formula is C37H63KN6O9P2. The van der Waals surface area contributed by atoms with Crippen LogP contribution in [-0.4, -0.2) is 95.0 Å². The quantitative estimate of drug-likeness (QED) is 0.182. The Bertz CT molecular complexity index is 1820. The Morgan fingerprint density at radius 3 is 1.93 bits per heavy atom. The van der Waals surface area contributed by atoms with Crippen molar-refractivity contribution in [1.82, 2.24) is 9.80 Å². The van der Waals surface area contributed by atoms with E-state index in [-0.39, 0.29) is 101 Å². The fraction of sp³-hybridized carbons (Fsp3) is 0.486. The van der Waals surface area contributed by atoms with Gasteiger partial charge in [-0.3, -0.25) is 18.7 Å². The molecule has 0 saturated heterocycles. The average molecular weight is 841 g/mol. The molecule has 4 atom stereocenters. The van der Waals surface area contributed by atoms with Gasteiger partial charge in [-0.05, 0) is 52.8 Å². The number of aliphatic imine (C=N–C) groups is 1. The number of amidine groups is 1. The van der Waals surface area contributed by atoms with Gasteiger partial charge in [0.05, 0.1) is 42.9 Å². The molecule has 0 radical (unpaired) electrons. The van der Waals surface area contributed by atoms with Crippen LogP contribution >= 0.6 is 15.1 Å². The molecule has 1 aromatic rings. The standard InChI is InChI=1S/C15H18N3O4P.C10H16NO3P.C7H8N2O2.2C2H6.CH4.K.2H2.H/c1-4-22-23(21)11-8-6-5-7-10(11)16-14(17-23)12-13(19)9(2)18(3)15(12)20;1-3-13-15(12,14-4-2)10-8-6-5-7-9(10)11;1-4-6(10)5(3-8)7(11)9(4)2;2*1-2;;;;;/h5-9,11,19H,4H2,1-3H3;5-8H,3-4,11H2,1-2H3;4,10H,1-2H3;2*1-2H3;1H4;;2*1H;/q;;;;;;+1;;;-1/i;;;;;;;2*1+1D;. The topological polar surface area (TPSA) is 217 Å². The summed E-state index contributed by atoms with van der Waals surface area (Å²) >= 11 is 0. The van der Waals surface area contributed by atoms with Gasteiger partial charge >= 0.3 is 66.5 Å². The second kappa shape index (κ2) is 25.6. The number of hydrogen-bond donors (Lipinski definition) is 3. The largest absolute Gasteiger partial charge is 1.00 e. The summed E-state index contributed by atoms with van der Waals surface area (Å²) in [6, 6.07) is 7.72. The summed E-state index contributed by atoms with van der Waals surface area (Å²) in [6.07, 6.45) is 6.99. The number of carbonyl (C=O) groups excluding carboxylic acids is 2. The zero-order valence-corrected chi connectivity index (χ0v) is 38.3. The number of nitriles is 1. The fourth-order valence-corrected chi connectivity index (χ4v) is 8.52. The number of para-hydroxylation sites is 1. The van der Waals surface area contributed by atoms with E-state index in [9.17, 15) is 28.9 Å². The third-order valence-corrected chi connectivity index (χ3v) is 12.2. The van der Waals surface area contributed by atoms with Gasteiger partial charge in [0.1, 0.15) is 28.8 Å². The van der Waals surface area contributed by atoms with Gasteiger partial charge in [0.15, 0.2) is 11.4 Å². The Kier molecular flexibility index (Phi) is 23.4. The third-order valence-electron chi connectivity index (χ3n) is 7.81. The van der Waals surface area contributed by atoms with Crippen molar-refractivity contribution in [2.75, 3.05) is 39.6 Å². The minimum absolute atomic E-state index is 0. The van der Waals surface area contributed by atoms with Crippen LogP contribution in [-0.2, 0) is 32.3 Å². The summed E-state index contributed by atoms with van der Waals surface area (Å²) in [7, 11) is -3.54. The van der Waals surface area contributed by atoms with Gasteiger partial charge in [-0.15, -0.1) is 0 Å². The summed E-state index contributed by atoms with van der Waals surface area (Å²) in [4.78, 5) is 30.5. The molecule has 0 aromatic heterocycles. The average Bonchev–Trinajstić information content (AvgIpc) is 3.54. The van der Waals surface area contributed by atoms with E-state index in [1.54, 1.807) is 103 Å². The number of benzene rings is 1. The van der Waals surface area contributed by atoms with Crippen LogP contribution in [0.3, 0.4) is 0 Å². The van der Waals surface area contributed by atoms with Gasteiger partial charge in [0.25, 0.3) is 11.8 Å². The van der Waals surface area contributed by atoms with Crippen molar-refractivity contribution in [3.63, 3.8) is 0 Å². The van der Waals surface area contributed by atoms with Gasteiger partial charge in [0.2, 0.25) is 0 Å². The van der Waals surface area contributed by atoms with Gasteiger partial charge in [-0.1, -0.05) is 65.5 Å². The van der Waals surface area contributed by atoms with E-state index in [2.05, 4.69) is 9.76 Å². The minimum Gasteiger partial charge on any atom is -1.00 e. The van der Waals surface area contributed by atoms with Crippen LogP contribution in [0.4, 0.5) is 5.69 Å². The molecule has 3 heterocycles. The molecule has 5 rings (SSSR count). The number of aliphatic hydroxyl groups excluding tert-OH is 2. The molecule has 2 amide bonds. The summed E-state index contributed by atoms with van der Waals surface area (Å²) in [5, 5.41) is 28.3. The molecule has 15 nitrogen and oxygen atoms in total. The molecule has 0 spiro atoms. The van der Waals surface area contributed by atoms with Gasteiger partial charge in [0, 0.05) is 25.7 Å². The van der Waals surface area contributed by atoms with E-state index in [1.165, 1.54) is 9.80 Å². The number of anilines is 1. The molecule has 4 unspecified atom stereocenters. The van der Waals surface area contributed by atoms with Crippen LogP contribution in [0.1, 0.15) is 77.1 Å². The second-order valence-electron chi connectivity index (χ2n) is 10.8. The number of nitrogens with zero attached hydrogens (tertiary/aromatic N) is 5. The zero-order valence-electron chi connectivity index (χ0n) is 38.4. The molecule has 3 aliphatic heterocycles. The van der Waals surface area contributed by atoms with E-state index >= 15 is 0 Å². The Morgan fingerprint density at radius 1 is 0.982 bits per heavy atom. The van der Waals surface area contributed by atoms with Gasteiger partial charge in [-0.25, -0.2) is 4.99 Å². The van der Waals surface area contributed by atoms with Crippen molar-refractivity contribution in [1.29, 1.82) is 5.26 Å². The Hall–Kier alpha value is -2.67. The molecule has 55 heavy (non-hydrogen) atoms. The molecule has 1 aromatic carbocycles. The molecule has 18 heteroatoms. The predicted octanol–water partition coefficient (Wildman–Crippen LogP) is 4.88. The predicted molar refractivity (Wildman–Crippen MR) is 222 cm³/mol. The van der Waals surface area contributed by atoms with Crippen molar-refractivity contribution in [2.24, 2.45) is 9.76 Å². The van der Waals surface area contributed by atoms with Crippen LogP contribution in [0.2, 0.25) is 0 Å². The molecular weight excluding hydrogens is 773 g/mol. The van der Waals surface area contributed by atoms with Gasteiger partial charge < -0.3 is 40.7 Å². The van der Waals surface area contributed by atoms with Crippen LogP contribution < -0.4 is 62.4 Å². The van der Waals surface area contributed by atoms with Crippen molar-refractivity contribution >= 4 is 49.5 Å². The number of rotatable bonds is 8. The number of nitrogens with two attached hydrogens (primary N) is 1. The first kappa shape index (κ1) is 50.3. The fourth-order valence-electron chi connectivity index (χ4n) is 4.92. The van der Waals surface area contributed by atoms with E-state index in [0.29, 0.717) is 29.9 Å². The van der Waals surface area contributed by atoms with Gasteiger partial charge in [-0.2, -0.15) is 10.0 Å². The van der Waals surface area contributed by atoms with E-state index in [1.807, 2.05) is 27.7 Å². The number of likely N-dealkylation sites (N-methyl/N-ethyl adjacent to an activating group) is 2. The normalized spacial score (nSPS) is 22.3. The number of aliphatic hydroxyl groups is 2. The Balaban J connectivity index is -0.000000239. The number of hydrogen-bond acceptors (Lipinski definition) is 12. The first-order chi connectivity index (χ1) is 27.1. The van der Waals surface area contributed by atoms with Crippen molar-refractivity contribution in [2.45, 2.75) is 87.5 Å². The van der Waals surface area contributed by atoms with E-state index < -0.39 is 38.6 Å². The molecule has 4 N–H and O–H groups in total. The minimum atomic E-state index is -3.44. The monoisotopic (exact) mass is 840 g/mol. The Morgan fingerprint density at radius 2 is 1.51 bits per heavy atom. The number of nitrogen functional groups attached to an aromatic ring is 1. The van der Waals surface area contributed by atoms with Crippen LogP contribution in [0.15, 0.2) is 81.0 Å². The van der Waals surface area contributed by atoms with Crippen molar-refractivity contribution in [3.05, 3.63) is 71.2 Å². The maximum atomic E-state index is 13.1. The summed E-state index contributed by atoms with van der Waals surface area (Å²) in [6.45, 7) is 17.5. The number of amides is 2. The zero-order chi connectivity index (χ0) is 44.7.